The molecule has 2 aromatic rings. The normalized spacial score (nSPS) is 17.2. The molecule has 0 bridgehead atoms. The second kappa shape index (κ2) is 5.99. The number of rotatable bonds is 5. The molecule has 1 heterocycles. The number of fused-ring (bicyclic) bond motifs is 1. The van der Waals surface area contributed by atoms with Gasteiger partial charge >= 0.3 is 5.97 Å². The lowest BCUT2D eigenvalue weighted by Gasteiger charge is -2.21. The molecule has 2 N–H and O–H groups in total. The molecule has 0 aliphatic heterocycles. The smallest absolute Gasteiger partial charge is 0.303 e. The van der Waals surface area contributed by atoms with Crippen molar-refractivity contribution >= 4 is 5.97 Å². The van der Waals surface area contributed by atoms with E-state index in [9.17, 15) is 4.79 Å². The van der Waals surface area contributed by atoms with Gasteiger partial charge in [-0.2, -0.15) is 5.10 Å². The van der Waals surface area contributed by atoms with Crippen LogP contribution < -0.4 is 4.74 Å². The number of nitrogens with one attached hydrogen (secondary N) is 1. The molecular formula is C16H18N2O3. The Kier molecular flexibility index (Phi) is 3.90. The van der Waals surface area contributed by atoms with Crippen LogP contribution in [0.4, 0.5) is 0 Å². The van der Waals surface area contributed by atoms with E-state index in [4.69, 9.17) is 9.84 Å². The first-order valence-electron chi connectivity index (χ1n) is 7.19. The van der Waals surface area contributed by atoms with Crippen molar-refractivity contribution in [2.45, 2.75) is 38.2 Å². The van der Waals surface area contributed by atoms with Gasteiger partial charge in [0.15, 0.2) is 0 Å². The first kappa shape index (κ1) is 13.7. The molecule has 1 aromatic heterocycles. The van der Waals surface area contributed by atoms with Gasteiger partial charge in [0.2, 0.25) is 0 Å². The lowest BCUT2D eigenvalue weighted by Crippen LogP contribution is -2.14. The SMILES string of the molecule is O=C(O)CC1CCCc2[nH]nc(COc3ccccc3)c21. The molecule has 0 saturated heterocycles. The highest BCUT2D eigenvalue weighted by atomic mass is 16.5. The Morgan fingerprint density at radius 1 is 1.38 bits per heavy atom. The Morgan fingerprint density at radius 3 is 2.95 bits per heavy atom. The van der Waals surface area contributed by atoms with E-state index < -0.39 is 5.97 Å². The zero-order valence-electron chi connectivity index (χ0n) is 11.7. The molecule has 0 amide bonds. The summed E-state index contributed by atoms with van der Waals surface area (Å²) in [7, 11) is 0. The molecule has 1 aromatic carbocycles. The number of para-hydroxylation sites is 1. The number of aromatic nitrogens is 2. The van der Waals surface area contributed by atoms with E-state index in [1.165, 1.54) is 0 Å². The maximum atomic E-state index is 11.0. The van der Waals surface area contributed by atoms with Crippen molar-refractivity contribution in [2.75, 3.05) is 0 Å². The van der Waals surface area contributed by atoms with Crippen molar-refractivity contribution in [1.29, 1.82) is 0 Å². The lowest BCUT2D eigenvalue weighted by molar-refractivity contribution is -0.137. The van der Waals surface area contributed by atoms with E-state index >= 15 is 0 Å². The van der Waals surface area contributed by atoms with Gasteiger partial charge < -0.3 is 9.84 Å². The van der Waals surface area contributed by atoms with Gasteiger partial charge in [0.25, 0.3) is 0 Å². The zero-order valence-corrected chi connectivity index (χ0v) is 11.7. The second-order valence-corrected chi connectivity index (χ2v) is 5.35. The molecule has 5 heteroatoms. The number of carboxylic acids is 1. The average molecular weight is 286 g/mol. The van der Waals surface area contributed by atoms with E-state index in [2.05, 4.69) is 10.2 Å². The minimum atomic E-state index is -0.760. The Morgan fingerprint density at radius 2 is 2.19 bits per heavy atom. The number of aliphatic carboxylic acids is 1. The first-order chi connectivity index (χ1) is 10.2. The zero-order chi connectivity index (χ0) is 14.7. The van der Waals surface area contributed by atoms with Crippen LogP contribution >= 0.6 is 0 Å². The maximum absolute atomic E-state index is 11.0. The van der Waals surface area contributed by atoms with Crippen LogP contribution in [-0.4, -0.2) is 21.3 Å². The van der Waals surface area contributed by atoms with Crippen LogP contribution in [0, 0.1) is 0 Å². The van der Waals surface area contributed by atoms with Gasteiger partial charge in [0, 0.05) is 11.3 Å². The van der Waals surface area contributed by atoms with Crippen LogP contribution in [0.15, 0.2) is 30.3 Å². The highest BCUT2D eigenvalue weighted by molar-refractivity contribution is 5.68. The quantitative estimate of drug-likeness (QED) is 0.886. The predicted molar refractivity (Wildman–Crippen MR) is 77.3 cm³/mol. The molecule has 3 rings (SSSR count). The molecular weight excluding hydrogens is 268 g/mol. The first-order valence-corrected chi connectivity index (χ1v) is 7.19. The van der Waals surface area contributed by atoms with Crippen LogP contribution in [0.5, 0.6) is 5.75 Å². The van der Waals surface area contributed by atoms with Crippen LogP contribution in [0.2, 0.25) is 0 Å². The number of benzene rings is 1. The van der Waals surface area contributed by atoms with Crippen LogP contribution in [0.1, 0.15) is 42.1 Å². The number of carboxylic acid groups (broad SMARTS) is 1. The standard InChI is InChI=1S/C16H18N2O3/c19-15(20)9-11-5-4-8-13-16(11)14(18-17-13)10-21-12-6-2-1-3-7-12/h1-3,6-7,11H,4-5,8-10H2,(H,17,18)(H,19,20). The molecule has 0 fully saturated rings. The van der Waals surface area contributed by atoms with Crippen molar-refractivity contribution in [3.8, 4) is 5.75 Å². The number of hydrogen-bond acceptors (Lipinski definition) is 3. The molecule has 110 valence electrons. The summed E-state index contributed by atoms with van der Waals surface area (Å²) in [6, 6.07) is 9.57. The third-order valence-electron chi connectivity index (χ3n) is 3.89. The van der Waals surface area contributed by atoms with E-state index in [1.807, 2.05) is 30.3 Å². The third kappa shape index (κ3) is 3.07. The molecule has 1 atom stereocenters. The van der Waals surface area contributed by atoms with E-state index in [-0.39, 0.29) is 12.3 Å². The summed E-state index contributed by atoms with van der Waals surface area (Å²) in [6.45, 7) is 0.367. The van der Waals surface area contributed by atoms with Crippen LogP contribution in [0.25, 0.3) is 0 Å². The third-order valence-corrected chi connectivity index (χ3v) is 3.89. The summed E-state index contributed by atoms with van der Waals surface area (Å²) in [5.41, 5.74) is 2.96. The summed E-state index contributed by atoms with van der Waals surface area (Å²) < 4.78 is 5.74. The van der Waals surface area contributed by atoms with Crippen LogP contribution in [0.3, 0.4) is 0 Å². The van der Waals surface area contributed by atoms with Crippen molar-refractivity contribution < 1.29 is 14.6 Å². The number of carbonyl (C=O) groups is 1. The minimum Gasteiger partial charge on any atom is -0.487 e. The van der Waals surface area contributed by atoms with Crippen molar-refractivity contribution in [2.24, 2.45) is 0 Å². The fourth-order valence-electron chi connectivity index (χ4n) is 2.97. The summed E-state index contributed by atoms with van der Waals surface area (Å²) in [5.74, 6) is 0.0724. The lowest BCUT2D eigenvalue weighted by atomic mass is 9.83. The summed E-state index contributed by atoms with van der Waals surface area (Å²) in [6.07, 6.45) is 3.00. The molecule has 0 spiro atoms. The number of aromatic amines is 1. The minimum absolute atomic E-state index is 0.0411. The Bertz CT molecular complexity index is 622. The van der Waals surface area contributed by atoms with Gasteiger partial charge in [0.05, 0.1) is 6.42 Å². The second-order valence-electron chi connectivity index (χ2n) is 5.35. The summed E-state index contributed by atoms with van der Waals surface area (Å²) >= 11 is 0. The van der Waals surface area contributed by atoms with Crippen molar-refractivity contribution in [3.05, 3.63) is 47.3 Å². The molecule has 1 unspecified atom stereocenters. The van der Waals surface area contributed by atoms with E-state index in [1.54, 1.807) is 0 Å². The number of aryl methyl sites for hydroxylation is 1. The Hall–Kier alpha value is -2.30. The largest absolute Gasteiger partial charge is 0.487 e. The van der Waals surface area contributed by atoms with Gasteiger partial charge in [-0.3, -0.25) is 9.89 Å². The number of H-pyrrole nitrogens is 1. The number of hydrogen-bond donors (Lipinski definition) is 2. The van der Waals surface area contributed by atoms with E-state index in [0.29, 0.717) is 6.61 Å². The van der Waals surface area contributed by atoms with Gasteiger partial charge in [-0.1, -0.05) is 18.2 Å². The van der Waals surface area contributed by atoms with Crippen molar-refractivity contribution in [1.82, 2.24) is 10.2 Å². The maximum Gasteiger partial charge on any atom is 0.303 e. The van der Waals surface area contributed by atoms with Crippen LogP contribution in [-0.2, 0) is 17.8 Å². The molecule has 0 radical (unpaired) electrons. The molecule has 21 heavy (non-hydrogen) atoms. The molecule has 1 aliphatic carbocycles. The van der Waals surface area contributed by atoms with Gasteiger partial charge in [-0.25, -0.2) is 0 Å². The molecule has 0 saturated carbocycles. The molecule has 1 aliphatic rings. The van der Waals surface area contributed by atoms with E-state index in [0.717, 1.165) is 42.0 Å². The number of ether oxygens (including phenoxy) is 1. The highest BCUT2D eigenvalue weighted by Crippen LogP contribution is 2.35. The Balaban J connectivity index is 1.77. The van der Waals surface area contributed by atoms with Crippen molar-refractivity contribution in [3.63, 3.8) is 0 Å². The van der Waals surface area contributed by atoms with Gasteiger partial charge in [0.1, 0.15) is 18.1 Å². The summed E-state index contributed by atoms with van der Waals surface area (Å²) in [4.78, 5) is 11.0. The molecule has 5 nitrogen and oxygen atoms in total. The monoisotopic (exact) mass is 286 g/mol. The van der Waals surface area contributed by atoms with Gasteiger partial charge in [-0.05, 0) is 37.3 Å². The topological polar surface area (TPSA) is 75.2 Å². The highest BCUT2D eigenvalue weighted by Gasteiger charge is 2.27. The fraction of sp³-hybridized carbons (Fsp3) is 0.375. The number of nitrogens with zero attached hydrogens (tertiary/aromatic N) is 1. The Labute approximate surface area is 123 Å². The summed E-state index contributed by atoms with van der Waals surface area (Å²) in [5, 5.41) is 16.4. The van der Waals surface area contributed by atoms with Gasteiger partial charge in [-0.15, -0.1) is 0 Å². The predicted octanol–water partition coefficient (Wildman–Crippen LogP) is 2.88. The fourth-order valence-corrected chi connectivity index (χ4v) is 2.97. The average Bonchev–Trinajstić information content (AvgIpc) is 2.90.